The lowest BCUT2D eigenvalue weighted by Crippen LogP contribution is -2.32. The van der Waals surface area contributed by atoms with Crippen LogP contribution in [0.25, 0.3) is 11.2 Å². The lowest BCUT2D eigenvalue weighted by atomic mass is 10.1. The number of carboxylic acids is 1. The molecule has 0 aliphatic carbocycles. The van der Waals surface area contributed by atoms with E-state index in [1.165, 1.54) is 6.33 Å². The molecule has 8 heteroatoms. The fourth-order valence-electron chi connectivity index (χ4n) is 2.27. The zero-order chi connectivity index (χ0) is 15.5. The van der Waals surface area contributed by atoms with Crippen molar-refractivity contribution in [3.63, 3.8) is 0 Å². The minimum absolute atomic E-state index is 0. The molecule has 3 aromatic rings. The van der Waals surface area contributed by atoms with Gasteiger partial charge in [0.15, 0.2) is 5.65 Å². The Morgan fingerprint density at radius 2 is 1.96 bits per heavy atom. The molecule has 0 fully saturated rings. The van der Waals surface area contributed by atoms with Crippen LogP contribution < -0.4 is 5.73 Å². The number of nitrogens with zero attached hydrogens (tertiary/aromatic N) is 4. The number of rotatable bonds is 5. The lowest BCUT2D eigenvalue weighted by molar-refractivity contribution is -0.138. The topological polar surface area (TPSA) is 107 Å². The van der Waals surface area contributed by atoms with Crippen LogP contribution in [-0.4, -0.2) is 36.6 Å². The van der Waals surface area contributed by atoms with Gasteiger partial charge in [0.1, 0.15) is 17.9 Å². The first-order valence-corrected chi connectivity index (χ1v) is 6.82. The molecule has 0 aliphatic rings. The van der Waals surface area contributed by atoms with E-state index in [-0.39, 0.29) is 18.8 Å². The van der Waals surface area contributed by atoms with E-state index in [2.05, 4.69) is 15.0 Å². The Balaban J connectivity index is 0.00000192. The molecule has 2 heterocycles. The number of fused-ring (bicyclic) bond motifs is 1. The summed E-state index contributed by atoms with van der Waals surface area (Å²) in [6.45, 7) is 0.638. The average Bonchev–Trinajstić information content (AvgIpc) is 2.92. The van der Waals surface area contributed by atoms with Gasteiger partial charge in [0, 0.05) is 6.42 Å². The van der Waals surface area contributed by atoms with Crippen LogP contribution in [0.15, 0.2) is 43.0 Å². The van der Waals surface area contributed by atoms with E-state index in [9.17, 15) is 4.79 Å². The Hall–Kier alpha value is -2.51. The summed E-state index contributed by atoms with van der Waals surface area (Å²) in [4.78, 5) is 23.6. The van der Waals surface area contributed by atoms with Gasteiger partial charge >= 0.3 is 5.97 Å². The summed E-state index contributed by atoms with van der Waals surface area (Å²) in [5.41, 5.74) is 8.52. The predicted octanol–water partition coefficient (Wildman–Crippen LogP) is 1.25. The molecular formula is C15H16ClN5O2. The first kappa shape index (κ1) is 16.9. The molecule has 2 aromatic heterocycles. The minimum atomic E-state index is -1.06. The maximum absolute atomic E-state index is 10.9. The second-order valence-corrected chi connectivity index (χ2v) is 5.00. The summed E-state index contributed by atoms with van der Waals surface area (Å²) < 4.78 is 1.90. The third-order valence-corrected chi connectivity index (χ3v) is 3.40. The third kappa shape index (κ3) is 3.64. The van der Waals surface area contributed by atoms with Gasteiger partial charge in [-0.05, 0) is 5.56 Å². The van der Waals surface area contributed by atoms with Gasteiger partial charge in [-0.1, -0.05) is 30.3 Å². The molecule has 0 radical (unpaired) electrons. The van der Waals surface area contributed by atoms with Crippen molar-refractivity contribution in [2.75, 3.05) is 0 Å². The second-order valence-electron chi connectivity index (χ2n) is 5.00. The number of hydrogen-bond donors (Lipinski definition) is 2. The monoisotopic (exact) mass is 333 g/mol. The molecule has 0 bridgehead atoms. The van der Waals surface area contributed by atoms with Crippen LogP contribution in [0.3, 0.4) is 0 Å². The number of carboxylic acid groups (broad SMARTS) is 1. The van der Waals surface area contributed by atoms with Crippen LogP contribution in [0.4, 0.5) is 0 Å². The Labute approximate surface area is 138 Å². The van der Waals surface area contributed by atoms with Crippen molar-refractivity contribution in [3.05, 3.63) is 54.2 Å². The van der Waals surface area contributed by atoms with E-state index < -0.39 is 12.0 Å². The quantitative estimate of drug-likeness (QED) is 0.727. The van der Waals surface area contributed by atoms with Crippen LogP contribution in [-0.2, 0) is 17.8 Å². The van der Waals surface area contributed by atoms with Gasteiger partial charge in [-0.3, -0.25) is 4.79 Å². The molecule has 0 spiro atoms. The maximum Gasteiger partial charge on any atom is 0.320 e. The van der Waals surface area contributed by atoms with Gasteiger partial charge in [-0.25, -0.2) is 15.0 Å². The Morgan fingerprint density at radius 3 is 2.65 bits per heavy atom. The molecule has 3 rings (SSSR count). The van der Waals surface area contributed by atoms with Gasteiger partial charge < -0.3 is 15.4 Å². The highest BCUT2D eigenvalue weighted by Gasteiger charge is 2.17. The van der Waals surface area contributed by atoms with Gasteiger partial charge in [0.05, 0.1) is 18.6 Å². The van der Waals surface area contributed by atoms with E-state index >= 15 is 0 Å². The number of aliphatic carboxylic acids is 1. The summed E-state index contributed by atoms with van der Waals surface area (Å²) in [5, 5.41) is 8.92. The molecule has 7 nitrogen and oxygen atoms in total. The van der Waals surface area contributed by atoms with E-state index in [1.54, 1.807) is 6.33 Å². The first-order chi connectivity index (χ1) is 10.6. The molecule has 23 heavy (non-hydrogen) atoms. The number of hydrogen-bond acceptors (Lipinski definition) is 5. The highest BCUT2D eigenvalue weighted by Crippen LogP contribution is 2.15. The normalized spacial score (nSPS) is 11.9. The van der Waals surface area contributed by atoms with E-state index in [1.807, 2.05) is 34.9 Å². The van der Waals surface area contributed by atoms with Crippen molar-refractivity contribution in [3.8, 4) is 0 Å². The van der Waals surface area contributed by atoms with Crippen molar-refractivity contribution >= 4 is 29.5 Å². The number of aromatic nitrogens is 4. The van der Waals surface area contributed by atoms with E-state index in [0.717, 1.165) is 5.56 Å². The number of nitrogens with two attached hydrogens (primary N) is 1. The van der Waals surface area contributed by atoms with Crippen molar-refractivity contribution in [2.24, 2.45) is 5.73 Å². The molecule has 0 aliphatic heterocycles. The number of benzene rings is 1. The molecule has 120 valence electrons. The molecule has 0 unspecified atom stereocenters. The summed E-state index contributed by atoms with van der Waals surface area (Å²) in [6, 6.07) is 8.95. The standard InChI is InChI=1S/C15H15N5O2.ClH/c16-11(15(21)22)6-12-13-14(18-8-17-12)20(9-19-13)7-10-4-2-1-3-5-10;/h1-5,8-9,11H,6-7,16H2,(H,21,22);1H/t11-;/m1./s1. The van der Waals surface area contributed by atoms with E-state index in [4.69, 9.17) is 10.8 Å². The smallest absolute Gasteiger partial charge is 0.320 e. The molecule has 0 saturated carbocycles. The van der Waals surface area contributed by atoms with Crippen LogP contribution in [0.1, 0.15) is 11.3 Å². The Morgan fingerprint density at radius 1 is 1.22 bits per heavy atom. The minimum Gasteiger partial charge on any atom is -0.480 e. The molecule has 1 atom stereocenters. The van der Waals surface area contributed by atoms with Gasteiger partial charge in [0.2, 0.25) is 0 Å². The maximum atomic E-state index is 10.9. The fourth-order valence-corrected chi connectivity index (χ4v) is 2.27. The van der Waals surface area contributed by atoms with Crippen LogP contribution in [0, 0.1) is 0 Å². The molecule has 3 N–H and O–H groups in total. The summed E-state index contributed by atoms with van der Waals surface area (Å²) in [6.07, 6.45) is 3.22. The zero-order valence-electron chi connectivity index (χ0n) is 12.2. The highest BCUT2D eigenvalue weighted by atomic mass is 35.5. The summed E-state index contributed by atoms with van der Waals surface area (Å²) >= 11 is 0. The predicted molar refractivity (Wildman–Crippen MR) is 87.4 cm³/mol. The zero-order valence-corrected chi connectivity index (χ0v) is 13.0. The van der Waals surface area contributed by atoms with Gasteiger partial charge in [-0.2, -0.15) is 0 Å². The number of halogens is 1. The number of carbonyl (C=O) groups is 1. The summed E-state index contributed by atoms with van der Waals surface area (Å²) in [5.74, 6) is -1.06. The fraction of sp³-hybridized carbons (Fsp3) is 0.200. The Kier molecular flexibility index (Phi) is 5.25. The SMILES string of the molecule is Cl.N[C@H](Cc1ncnc2c1ncn2Cc1ccccc1)C(=O)O. The van der Waals surface area contributed by atoms with Crippen LogP contribution in [0.5, 0.6) is 0 Å². The lowest BCUT2D eigenvalue weighted by Gasteiger charge is -2.07. The first-order valence-electron chi connectivity index (χ1n) is 6.82. The van der Waals surface area contributed by atoms with Gasteiger partial charge in [-0.15, -0.1) is 12.4 Å². The van der Waals surface area contributed by atoms with Crippen molar-refractivity contribution in [1.82, 2.24) is 19.5 Å². The molecule has 0 saturated heterocycles. The number of imidazole rings is 1. The van der Waals surface area contributed by atoms with Crippen molar-refractivity contribution in [2.45, 2.75) is 19.0 Å². The van der Waals surface area contributed by atoms with Crippen molar-refractivity contribution < 1.29 is 9.90 Å². The molecule has 1 aromatic carbocycles. The van der Waals surface area contributed by atoms with Crippen LogP contribution in [0.2, 0.25) is 0 Å². The molecular weight excluding hydrogens is 318 g/mol. The largest absolute Gasteiger partial charge is 0.480 e. The highest BCUT2D eigenvalue weighted by molar-refractivity contribution is 5.85. The van der Waals surface area contributed by atoms with Gasteiger partial charge in [0.25, 0.3) is 0 Å². The van der Waals surface area contributed by atoms with E-state index in [0.29, 0.717) is 23.4 Å². The van der Waals surface area contributed by atoms with Crippen LogP contribution >= 0.6 is 12.4 Å². The second kappa shape index (κ2) is 7.17. The third-order valence-electron chi connectivity index (χ3n) is 3.40. The molecule has 0 amide bonds. The average molecular weight is 334 g/mol. The Bertz CT molecular complexity index is 806. The van der Waals surface area contributed by atoms with Crippen molar-refractivity contribution in [1.29, 1.82) is 0 Å². The summed E-state index contributed by atoms with van der Waals surface area (Å²) in [7, 11) is 0.